The van der Waals surface area contributed by atoms with Crippen molar-refractivity contribution in [3.63, 3.8) is 0 Å². The van der Waals surface area contributed by atoms with E-state index >= 15 is 0 Å². The van der Waals surface area contributed by atoms with Gasteiger partial charge in [0.25, 0.3) is 5.92 Å². The summed E-state index contributed by atoms with van der Waals surface area (Å²) in [6.45, 7) is 0.621. The smallest absolute Gasteiger partial charge is 0.251 e. The van der Waals surface area contributed by atoms with Gasteiger partial charge in [0.05, 0.1) is 5.69 Å². The average molecular weight is 312 g/mol. The zero-order valence-corrected chi connectivity index (χ0v) is 10.7. The minimum Gasteiger partial charge on any atom is -0.369 e. The molecule has 0 spiro atoms. The molecule has 2 nitrogen and oxygen atoms in total. The van der Waals surface area contributed by atoms with E-state index < -0.39 is 5.92 Å². The van der Waals surface area contributed by atoms with Crippen LogP contribution < -0.4 is 4.90 Å². The molecule has 0 radical (unpaired) electrons. The predicted octanol–water partition coefficient (Wildman–Crippen LogP) is 3.73. The zero-order chi connectivity index (χ0) is 11.8. The largest absolute Gasteiger partial charge is 0.369 e. The Morgan fingerprint density at radius 3 is 2.62 bits per heavy atom. The highest BCUT2D eigenvalue weighted by atomic mass is 79.9. The average Bonchev–Trinajstić information content (AvgIpc) is 2.22. The number of pyridine rings is 1. The zero-order valence-electron chi connectivity index (χ0n) is 8.39. The molecule has 1 saturated heterocycles. The number of rotatable bonds is 1. The lowest BCUT2D eigenvalue weighted by molar-refractivity contribution is -0.0220. The minimum absolute atomic E-state index is 0.129. The van der Waals surface area contributed by atoms with Gasteiger partial charge in [0.15, 0.2) is 5.15 Å². The number of alkyl halides is 2. The molecule has 1 aromatic rings. The van der Waals surface area contributed by atoms with E-state index in [1.165, 1.54) is 0 Å². The second kappa shape index (κ2) is 4.45. The lowest BCUT2D eigenvalue weighted by atomic mass is 10.1. The van der Waals surface area contributed by atoms with Gasteiger partial charge < -0.3 is 4.90 Å². The quantitative estimate of drug-likeness (QED) is 0.735. The van der Waals surface area contributed by atoms with Crippen LogP contribution in [0.1, 0.15) is 12.8 Å². The van der Waals surface area contributed by atoms with Crippen LogP contribution in [0.3, 0.4) is 0 Å². The first kappa shape index (κ1) is 12.0. The molecule has 2 heterocycles. The van der Waals surface area contributed by atoms with Crippen LogP contribution in [0.25, 0.3) is 0 Å². The topological polar surface area (TPSA) is 16.1 Å². The molecule has 1 aliphatic heterocycles. The second-order valence-corrected chi connectivity index (χ2v) is 5.08. The van der Waals surface area contributed by atoms with Crippen LogP contribution in [0.4, 0.5) is 14.5 Å². The maximum Gasteiger partial charge on any atom is 0.251 e. The molecule has 0 aromatic carbocycles. The van der Waals surface area contributed by atoms with Crippen LogP contribution in [0.2, 0.25) is 5.15 Å². The predicted molar refractivity (Wildman–Crippen MR) is 63.3 cm³/mol. The molecule has 0 atom stereocenters. The first-order chi connectivity index (χ1) is 7.48. The van der Waals surface area contributed by atoms with Crippen molar-refractivity contribution in [2.45, 2.75) is 18.8 Å². The van der Waals surface area contributed by atoms with Crippen LogP contribution in [0, 0.1) is 0 Å². The molecule has 0 unspecified atom stereocenters. The molecule has 2 rings (SSSR count). The first-order valence-electron chi connectivity index (χ1n) is 4.92. The maximum atomic E-state index is 13.0. The summed E-state index contributed by atoms with van der Waals surface area (Å²) >= 11 is 9.23. The third-order valence-corrected chi connectivity index (χ3v) is 3.35. The number of hydrogen-bond acceptors (Lipinski definition) is 2. The van der Waals surface area contributed by atoms with Crippen molar-refractivity contribution >= 4 is 33.2 Å². The third-order valence-electron chi connectivity index (χ3n) is 2.62. The van der Waals surface area contributed by atoms with E-state index in [1.54, 1.807) is 12.3 Å². The normalized spacial score (nSPS) is 19.9. The van der Waals surface area contributed by atoms with Gasteiger partial charge in [0, 0.05) is 36.6 Å². The summed E-state index contributed by atoms with van der Waals surface area (Å²) in [5, 5.41) is 0.355. The standard InChI is InChI=1S/C10H10BrClF2N2/c11-7-5-8(9(12)15-6-7)16-3-1-10(13,14)2-4-16/h5-6H,1-4H2. The Morgan fingerprint density at radius 1 is 1.38 bits per heavy atom. The van der Waals surface area contributed by atoms with Crippen LogP contribution in [0.15, 0.2) is 16.7 Å². The van der Waals surface area contributed by atoms with Crippen molar-refractivity contribution < 1.29 is 8.78 Å². The summed E-state index contributed by atoms with van der Waals surface area (Å²) in [6.07, 6.45) is 1.33. The number of nitrogens with zero attached hydrogens (tertiary/aromatic N) is 2. The Balaban J connectivity index is 2.17. The summed E-state index contributed by atoms with van der Waals surface area (Å²) in [7, 11) is 0. The lowest BCUT2D eigenvalue weighted by Gasteiger charge is -2.33. The van der Waals surface area contributed by atoms with Crippen molar-refractivity contribution in [1.29, 1.82) is 0 Å². The molecule has 1 aromatic heterocycles. The Kier molecular flexibility index (Phi) is 3.35. The fourth-order valence-electron chi connectivity index (χ4n) is 1.71. The Bertz CT molecular complexity index is 390. The van der Waals surface area contributed by atoms with Gasteiger partial charge in [-0.05, 0) is 22.0 Å². The minimum atomic E-state index is -2.54. The van der Waals surface area contributed by atoms with E-state index in [4.69, 9.17) is 11.6 Å². The molecule has 0 amide bonds. The highest BCUT2D eigenvalue weighted by Gasteiger charge is 2.34. The number of halogens is 4. The number of aromatic nitrogens is 1. The molecule has 0 aliphatic carbocycles. The van der Waals surface area contributed by atoms with Gasteiger partial charge in [-0.2, -0.15) is 0 Å². The summed E-state index contributed by atoms with van der Waals surface area (Å²) in [5.74, 6) is -2.54. The van der Waals surface area contributed by atoms with E-state index in [0.29, 0.717) is 23.9 Å². The van der Waals surface area contributed by atoms with E-state index in [1.807, 2.05) is 4.90 Å². The number of hydrogen-bond donors (Lipinski definition) is 0. The van der Waals surface area contributed by atoms with Gasteiger partial charge in [0.1, 0.15) is 0 Å². The van der Waals surface area contributed by atoms with Crippen molar-refractivity contribution in [1.82, 2.24) is 4.98 Å². The van der Waals surface area contributed by atoms with Gasteiger partial charge in [-0.25, -0.2) is 13.8 Å². The molecule has 6 heteroatoms. The van der Waals surface area contributed by atoms with Crippen molar-refractivity contribution in [2.24, 2.45) is 0 Å². The Morgan fingerprint density at radius 2 is 2.00 bits per heavy atom. The third kappa shape index (κ3) is 2.63. The van der Waals surface area contributed by atoms with Crippen molar-refractivity contribution in [3.8, 4) is 0 Å². The van der Waals surface area contributed by atoms with Crippen molar-refractivity contribution in [3.05, 3.63) is 21.9 Å². The summed E-state index contributed by atoms with van der Waals surface area (Å²) in [4.78, 5) is 5.82. The highest BCUT2D eigenvalue weighted by Crippen LogP contribution is 2.33. The number of anilines is 1. The van der Waals surface area contributed by atoms with Gasteiger partial charge in [-0.1, -0.05) is 11.6 Å². The second-order valence-electron chi connectivity index (χ2n) is 3.81. The molecular formula is C10H10BrClF2N2. The van der Waals surface area contributed by atoms with Crippen LogP contribution in [-0.2, 0) is 0 Å². The van der Waals surface area contributed by atoms with Gasteiger partial charge in [0.2, 0.25) is 0 Å². The van der Waals surface area contributed by atoms with Crippen LogP contribution >= 0.6 is 27.5 Å². The molecule has 0 N–H and O–H groups in total. The molecular weight excluding hydrogens is 301 g/mol. The van der Waals surface area contributed by atoms with E-state index in [9.17, 15) is 8.78 Å². The van der Waals surface area contributed by atoms with Gasteiger partial charge in [-0.15, -0.1) is 0 Å². The molecule has 1 fully saturated rings. The van der Waals surface area contributed by atoms with E-state index in [2.05, 4.69) is 20.9 Å². The van der Waals surface area contributed by atoms with E-state index in [-0.39, 0.29) is 12.8 Å². The highest BCUT2D eigenvalue weighted by molar-refractivity contribution is 9.10. The van der Waals surface area contributed by atoms with Crippen molar-refractivity contribution in [2.75, 3.05) is 18.0 Å². The molecule has 88 valence electrons. The van der Waals surface area contributed by atoms with Crippen LogP contribution in [-0.4, -0.2) is 24.0 Å². The van der Waals surface area contributed by atoms with Crippen LogP contribution in [0.5, 0.6) is 0 Å². The molecule has 1 aliphatic rings. The molecule has 0 bridgehead atoms. The van der Waals surface area contributed by atoms with E-state index in [0.717, 1.165) is 4.47 Å². The van der Waals surface area contributed by atoms with Gasteiger partial charge >= 0.3 is 0 Å². The fourth-order valence-corrected chi connectivity index (χ4v) is 2.25. The summed E-state index contributed by atoms with van der Waals surface area (Å²) < 4.78 is 26.8. The summed E-state index contributed by atoms with van der Waals surface area (Å²) in [6, 6.07) is 1.80. The first-order valence-corrected chi connectivity index (χ1v) is 6.09. The SMILES string of the molecule is FC1(F)CCN(c2cc(Br)cnc2Cl)CC1. The van der Waals surface area contributed by atoms with Gasteiger partial charge in [-0.3, -0.25) is 0 Å². The Hall–Kier alpha value is -0.420. The monoisotopic (exact) mass is 310 g/mol. The fraction of sp³-hybridized carbons (Fsp3) is 0.500. The Labute approximate surface area is 106 Å². The lowest BCUT2D eigenvalue weighted by Crippen LogP contribution is -2.39. The molecule has 16 heavy (non-hydrogen) atoms. The summed E-state index contributed by atoms with van der Waals surface area (Å²) in [5.41, 5.74) is 0.714. The number of piperidine rings is 1. The maximum absolute atomic E-state index is 13.0. The molecule has 0 saturated carbocycles.